The van der Waals surface area contributed by atoms with Gasteiger partial charge in [0.25, 0.3) is 0 Å². The van der Waals surface area contributed by atoms with Gasteiger partial charge in [-0.1, -0.05) is 18.2 Å². The van der Waals surface area contributed by atoms with Gasteiger partial charge >= 0.3 is 6.18 Å². The average molecular weight is 408 g/mol. The summed E-state index contributed by atoms with van der Waals surface area (Å²) in [5, 5.41) is 3.96. The standard InChI is InChI=1S/C20H19F3N2O2S/c1-26-15-6-7-17(27-2)16(9-15)18-11-25-19(28-18)12-24-10-13-4-3-5-14(8-13)20(21,22)23/h3-9,11,24H,10,12H2,1-2H3. The molecule has 1 heterocycles. The zero-order valence-corrected chi connectivity index (χ0v) is 16.2. The second-order valence-electron chi connectivity index (χ2n) is 5.99. The summed E-state index contributed by atoms with van der Waals surface area (Å²) in [5.41, 5.74) is 0.804. The van der Waals surface area contributed by atoms with Crippen molar-refractivity contribution < 1.29 is 22.6 Å². The predicted octanol–water partition coefficient (Wildman–Crippen LogP) is 5.14. The van der Waals surface area contributed by atoms with Crippen molar-refractivity contribution in [2.75, 3.05) is 14.2 Å². The Hall–Kier alpha value is -2.58. The number of alkyl halides is 3. The Morgan fingerprint density at radius 1 is 1.04 bits per heavy atom. The number of nitrogens with zero attached hydrogens (tertiary/aromatic N) is 1. The number of ether oxygens (including phenoxy) is 2. The van der Waals surface area contributed by atoms with E-state index in [0.29, 0.717) is 30.2 Å². The van der Waals surface area contributed by atoms with E-state index >= 15 is 0 Å². The molecule has 28 heavy (non-hydrogen) atoms. The fraction of sp³-hybridized carbons (Fsp3) is 0.250. The number of methoxy groups -OCH3 is 2. The van der Waals surface area contributed by atoms with Crippen LogP contribution in [0.1, 0.15) is 16.1 Å². The van der Waals surface area contributed by atoms with Crippen molar-refractivity contribution in [3.05, 3.63) is 64.8 Å². The lowest BCUT2D eigenvalue weighted by molar-refractivity contribution is -0.137. The molecular formula is C20H19F3N2O2S. The number of rotatable bonds is 7. The lowest BCUT2D eigenvalue weighted by atomic mass is 10.1. The largest absolute Gasteiger partial charge is 0.497 e. The van der Waals surface area contributed by atoms with Crippen molar-refractivity contribution in [3.63, 3.8) is 0 Å². The normalized spacial score (nSPS) is 11.5. The highest BCUT2D eigenvalue weighted by Crippen LogP contribution is 2.36. The fourth-order valence-electron chi connectivity index (χ4n) is 2.69. The van der Waals surface area contributed by atoms with E-state index in [2.05, 4.69) is 10.3 Å². The van der Waals surface area contributed by atoms with Crippen LogP contribution in [0.4, 0.5) is 13.2 Å². The summed E-state index contributed by atoms with van der Waals surface area (Å²) < 4.78 is 49.0. The second kappa shape index (κ2) is 8.62. The van der Waals surface area contributed by atoms with E-state index in [-0.39, 0.29) is 0 Å². The summed E-state index contributed by atoms with van der Waals surface area (Å²) in [6, 6.07) is 10.8. The van der Waals surface area contributed by atoms with E-state index in [9.17, 15) is 13.2 Å². The van der Waals surface area contributed by atoms with Gasteiger partial charge in [-0.3, -0.25) is 0 Å². The van der Waals surface area contributed by atoms with Crippen LogP contribution in [0, 0.1) is 0 Å². The van der Waals surface area contributed by atoms with Gasteiger partial charge < -0.3 is 14.8 Å². The first-order chi connectivity index (χ1) is 13.4. The van der Waals surface area contributed by atoms with Crippen LogP contribution in [0.15, 0.2) is 48.7 Å². The number of aromatic nitrogens is 1. The van der Waals surface area contributed by atoms with Gasteiger partial charge in [-0.05, 0) is 29.8 Å². The van der Waals surface area contributed by atoms with Crippen LogP contribution in [0.2, 0.25) is 0 Å². The molecule has 0 aliphatic heterocycles. The average Bonchev–Trinajstić information content (AvgIpc) is 3.16. The quantitative estimate of drug-likeness (QED) is 0.588. The molecule has 3 aromatic rings. The Labute approximate surface area is 165 Å². The molecule has 0 radical (unpaired) electrons. The monoisotopic (exact) mass is 408 g/mol. The van der Waals surface area contributed by atoms with Crippen LogP contribution >= 0.6 is 11.3 Å². The number of nitrogens with one attached hydrogen (secondary N) is 1. The smallest absolute Gasteiger partial charge is 0.416 e. The molecule has 8 heteroatoms. The molecule has 1 aromatic heterocycles. The minimum absolute atomic E-state index is 0.321. The summed E-state index contributed by atoms with van der Waals surface area (Å²) in [7, 11) is 3.20. The first-order valence-electron chi connectivity index (χ1n) is 8.44. The van der Waals surface area contributed by atoms with Gasteiger partial charge in [0.2, 0.25) is 0 Å². The second-order valence-corrected chi connectivity index (χ2v) is 7.10. The summed E-state index contributed by atoms with van der Waals surface area (Å²) in [4.78, 5) is 5.31. The number of hydrogen-bond donors (Lipinski definition) is 1. The molecule has 0 atom stereocenters. The topological polar surface area (TPSA) is 43.4 Å². The third kappa shape index (κ3) is 4.82. The molecule has 0 unspecified atom stereocenters. The summed E-state index contributed by atoms with van der Waals surface area (Å²) >= 11 is 1.49. The van der Waals surface area contributed by atoms with Gasteiger partial charge in [0, 0.05) is 24.8 Å². The molecule has 1 N–H and O–H groups in total. The number of hydrogen-bond acceptors (Lipinski definition) is 5. The van der Waals surface area contributed by atoms with Gasteiger partial charge in [-0.2, -0.15) is 13.2 Å². The number of halogens is 3. The maximum Gasteiger partial charge on any atom is 0.416 e. The lowest BCUT2D eigenvalue weighted by Crippen LogP contribution is -2.13. The highest BCUT2D eigenvalue weighted by molar-refractivity contribution is 7.15. The van der Waals surface area contributed by atoms with E-state index in [4.69, 9.17) is 9.47 Å². The lowest BCUT2D eigenvalue weighted by Gasteiger charge is -2.09. The molecule has 0 saturated heterocycles. The van der Waals surface area contributed by atoms with E-state index in [1.807, 2.05) is 18.2 Å². The molecule has 2 aromatic carbocycles. The summed E-state index contributed by atoms with van der Waals surface area (Å²) in [6.45, 7) is 0.772. The minimum atomic E-state index is -4.34. The Bertz CT molecular complexity index is 941. The Balaban J connectivity index is 1.66. The fourth-order valence-corrected chi connectivity index (χ4v) is 3.60. The molecule has 0 aliphatic rings. The van der Waals surface area contributed by atoms with Gasteiger partial charge in [-0.25, -0.2) is 4.98 Å². The predicted molar refractivity (Wildman–Crippen MR) is 103 cm³/mol. The highest BCUT2D eigenvalue weighted by Gasteiger charge is 2.30. The van der Waals surface area contributed by atoms with Gasteiger partial charge in [0.1, 0.15) is 16.5 Å². The molecule has 4 nitrogen and oxygen atoms in total. The van der Waals surface area contributed by atoms with E-state index in [0.717, 1.165) is 27.6 Å². The molecule has 3 rings (SSSR count). The maximum atomic E-state index is 12.8. The Morgan fingerprint density at radius 2 is 1.86 bits per heavy atom. The molecule has 0 bridgehead atoms. The first-order valence-corrected chi connectivity index (χ1v) is 9.26. The van der Waals surface area contributed by atoms with Crippen molar-refractivity contribution in [1.82, 2.24) is 10.3 Å². The van der Waals surface area contributed by atoms with Crippen LogP contribution in [0.5, 0.6) is 11.5 Å². The van der Waals surface area contributed by atoms with E-state index < -0.39 is 11.7 Å². The van der Waals surface area contributed by atoms with Crippen molar-refractivity contribution in [2.45, 2.75) is 19.3 Å². The third-order valence-corrected chi connectivity index (χ3v) is 5.12. The zero-order valence-electron chi connectivity index (χ0n) is 15.3. The molecule has 0 fully saturated rings. The first kappa shape index (κ1) is 20.2. The SMILES string of the molecule is COc1ccc(OC)c(-c2cnc(CNCc3cccc(C(F)(F)F)c3)s2)c1. The van der Waals surface area contributed by atoms with Crippen molar-refractivity contribution in [2.24, 2.45) is 0 Å². The summed E-state index contributed by atoms with van der Waals surface area (Å²) in [6.07, 6.45) is -2.58. The number of benzene rings is 2. The Morgan fingerprint density at radius 3 is 2.57 bits per heavy atom. The van der Waals surface area contributed by atoms with E-state index in [1.54, 1.807) is 26.5 Å². The van der Waals surface area contributed by atoms with Crippen molar-refractivity contribution in [3.8, 4) is 21.9 Å². The molecule has 0 amide bonds. The van der Waals surface area contributed by atoms with E-state index in [1.165, 1.54) is 17.4 Å². The molecule has 0 spiro atoms. The zero-order chi connectivity index (χ0) is 20.1. The maximum absolute atomic E-state index is 12.8. The van der Waals surface area contributed by atoms with Crippen LogP contribution in [0.3, 0.4) is 0 Å². The summed E-state index contributed by atoms with van der Waals surface area (Å²) in [5.74, 6) is 1.43. The minimum Gasteiger partial charge on any atom is -0.497 e. The van der Waals surface area contributed by atoms with Gasteiger partial charge in [0.15, 0.2) is 0 Å². The molecule has 0 aliphatic carbocycles. The van der Waals surface area contributed by atoms with Crippen LogP contribution in [-0.4, -0.2) is 19.2 Å². The van der Waals surface area contributed by atoms with Crippen molar-refractivity contribution in [1.29, 1.82) is 0 Å². The molecular weight excluding hydrogens is 389 g/mol. The Kier molecular flexibility index (Phi) is 6.21. The molecule has 0 saturated carbocycles. The van der Waals surface area contributed by atoms with Gasteiger partial charge in [0.05, 0.1) is 24.7 Å². The van der Waals surface area contributed by atoms with Crippen LogP contribution < -0.4 is 14.8 Å². The highest BCUT2D eigenvalue weighted by atomic mass is 32.1. The van der Waals surface area contributed by atoms with Crippen LogP contribution in [-0.2, 0) is 19.3 Å². The van der Waals surface area contributed by atoms with Crippen LogP contribution in [0.25, 0.3) is 10.4 Å². The number of thiazole rings is 1. The third-order valence-electron chi connectivity index (χ3n) is 4.09. The molecule has 148 valence electrons. The van der Waals surface area contributed by atoms with Gasteiger partial charge in [-0.15, -0.1) is 11.3 Å². The van der Waals surface area contributed by atoms with Crippen molar-refractivity contribution >= 4 is 11.3 Å².